The lowest BCUT2D eigenvalue weighted by Crippen LogP contribution is -2.19. The van der Waals surface area contributed by atoms with E-state index in [9.17, 15) is 19.7 Å². The standard InChI is InChI=1S/C21H20N4O6/c1-12-4-13(2)14(3)19(5-12)31-18-7-16(6-17(8-18)25(29)30)23-20(26)11-24-10-15(9-22-24)21(27)28/h4-10H,11H2,1-3H3,(H,23,26)(H,27,28). The molecule has 1 heterocycles. The van der Waals surface area contributed by atoms with Crippen LogP contribution in [0.3, 0.4) is 0 Å². The number of ether oxygens (including phenoxy) is 1. The lowest BCUT2D eigenvalue weighted by Gasteiger charge is -2.13. The number of carbonyl (C=O) groups excluding carboxylic acids is 1. The fourth-order valence-corrected chi connectivity index (χ4v) is 2.96. The maximum atomic E-state index is 12.3. The van der Waals surface area contributed by atoms with Crippen molar-refractivity contribution < 1.29 is 24.4 Å². The molecule has 10 nitrogen and oxygen atoms in total. The second-order valence-corrected chi connectivity index (χ2v) is 7.06. The summed E-state index contributed by atoms with van der Waals surface area (Å²) >= 11 is 0. The maximum absolute atomic E-state index is 12.3. The molecule has 3 rings (SSSR count). The molecule has 0 aliphatic rings. The van der Waals surface area contributed by atoms with Gasteiger partial charge in [0.15, 0.2) is 0 Å². The number of nitrogens with zero attached hydrogens (tertiary/aromatic N) is 3. The number of aromatic nitrogens is 2. The normalized spacial score (nSPS) is 10.5. The number of hydrogen-bond donors (Lipinski definition) is 2. The van der Waals surface area contributed by atoms with E-state index in [1.54, 1.807) is 0 Å². The molecule has 31 heavy (non-hydrogen) atoms. The molecule has 0 saturated carbocycles. The van der Waals surface area contributed by atoms with Crippen molar-refractivity contribution >= 4 is 23.3 Å². The molecule has 2 aromatic carbocycles. The molecule has 0 fully saturated rings. The lowest BCUT2D eigenvalue weighted by molar-refractivity contribution is -0.384. The van der Waals surface area contributed by atoms with E-state index in [1.165, 1.54) is 24.4 Å². The largest absolute Gasteiger partial charge is 0.478 e. The first-order valence-corrected chi connectivity index (χ1v) is 9.23. The second kappa shape index (κ2) is 8.66. The predicted octanol–water partition coefficient (Wildman–Crippen LogP) is 3.85. The lowest BCUT2D eigenvalue weighted by atomic mass is 10.1. The summed E-state index contributed by atoms with van der Waals surface area (Å²) < 4.78 is 7.05. The van der Waals surface area contributed by atoms with Gasteiger partial charge >= 0.3 is 5.97 Å². The fraction of sp³-hybridized carbons (Fsp3) is 0.190. The number of nitrogens with one attached hydrogen (secondary N) is 1. The molecular formula is C21H20N4O6. The molecule has 3 aromatic rings. The highest BCUT2D eigenvalue weighted by molar-refractivity contribution is 5.91. The molecule has 0 aliphatic carbocycles. The third kappa shape index (κ3) is 5.24. The van der Waals surface area contributed by atoms with Gasteiger partial charge in [0.2, 0.25) is 5.91 Å². The van der Waals surface area contributed by atoms with E-state index >= 15 is 0 Å². The maximum Gasteiger partial charge on any atom is 0.338 e. The Morgan fingerprint density at radius 2 is 1.94 bits per heavy atom. The topological polar surface area (TPSA) is 137 Å². The SMILES string of the molecule is Cc1cc(C)c(C)c(Oc2cc(NC(=O)Cn3cc(C(=O)O)cn3)cc([N+](=O)[O-])c2)c1. The molecule has 1 aromatic heterocycles. The van der Waals surface area contributed by atoms with Crippen LogP contribution in [-0.2, 0) is 11.3 Å². The summed E-state index contributed by atoms with van der Waals surface area (Å²) in [7, 11) is 0. The van der Waals surface area contributed by atoms with Gasteiger partial charge in [-0.15, -0.1) is 0 Å². The number of aromatic carboxylic acids is 1. The van der Waals surface area contributed by atoms with E-state index in [0.717, 1.165) is 27.6 Å². The van der Waals surface area contributed by atoms with Crippen LogP contribution in [0.4, 0.5) is 11.4 Å². The molecular weight excluding hydrogens is 404 g/mol. The number of carboxylic acid groups (broad SMARTS) is 1. The third-order valence-electron chi connectivity index (χ3n) is 4.56. The van der Waals surface area contributed by atoms with E-state index in [2.05, 4.69) is 10.4 Å². The van der Waals surface area contributed by atoms with Gasteiger partial charge in [0, 0.05) is 18.3 Å². The Morgan fingerprint density at radius 1 is 1.19 bits per heavy atom. The number of hydrogen-bond acceptors (Lipinski definition) is 6. The van der Waals surface area contributed by atoms with Crippen molar-refractivity contribution in [3.63, 3.8) is 0 Å². The fourth-order valence-electron chi connectivity index (χ4n) is 2.96. The Balaban J connectivity index is 1.83. The number of nitro groups is 1. The zero-order chi connectivity index (χ0) is 22.7. The average Bonchev–Trinajstić information content (AvgIpc) is 3.14. The van der Waals surface area contributed by atoms with Crippen molar-refractivity contribution in [2.75, 3.05) is 5.32 Å². The monoisotopic (exact) mass is 424 g/mol. The number of aryl methyl sites for hydroxylation is 2. The molecule has 0 spiro atoms. The van der Waals surface area contributed by atoms with Crippen molar-refractivity contribution in [2.24, 2.45) is 0 Å². The van der Waals surface area contributed by atoms with Gasteiger partial charge < -0.3 is 15.2 Å². The Kier molecular flexibility index (Phi) is 6.00. The Labute approximate surface area is 177 Å². The first-order valence-electron chi connectivity index (χ1n) is 9.23. The highest BCUT2D eigenvalue weighted by Crippen LogP contribution is 2.32. The minimum absolute atomic E-state index is 0.0531. The predicted molar refractivity (Wildman–Crippen MR) is 112 cm³/mol. The van der Waals surface area contributed by atoms with Crippen molar-refractivity contribution in [2.45, 2.75) is 27.3 Å². The zero-order valence-corrected chi connectivity index (χ0v) is 17.1. The molecule has 0 radical (unpaired) electrons. The van der Waals surface area contributed by atoms with Gasteiger partial charge in [0.05, 0.1) is 28.4 Å². The number of carboxylic acids is 1. The number of benzene rings is 2. The van der Waals surface area contributed by atoms with Gasteiger partial charge in [0.25, 0.3) is 5.69 Å². The van der Waals surface area contributed by atoms with Gasteiger partial charge in [-0.2, -0.15) is 5.10 Å². The molecule has 0 unspecified atom stereocenters. The van der Waals surface area contributed by atoms with Crippen LogP contribution < -0.4 is 10.1 Å². The van der Waals surface area contributed by atoms with E-state index < -0.39 is 16.8 Å². The van der Waals surface area contributed by atoms with Crippen LogP contribution in [0.15, 0.2) is 42.7 Å². The number of amides is 1. The highest BCUT2D eigenvalue weighted by atomic mass is 16.6. The summed E-state index contributed by atoms with van der Waals surface area (Å²) in [6.45, 7) is 5.49. The molecule has 10 heteroatoms. The Morgan fingerprint density at radius 3 is 2.58 bits per heavy atom. The molecule has 0 aliphatic heterocycles. The zero-order valence-electron chi connectivity index (χ0n) is 17.1. The summed E-state index contributed by atoms with van der Waals surface area (Å²) in [5.41, 5.74) is 2.77. The molecule has 1 amide bonds. The quantitative estimate of drug-likeness (QED) is 0.434. The van der Waals surface area contributed by atoms with Crippen LogP contribution in [-0.4, -0.2) is 31.7 Å². The van der Waals surface area contributed by atoms with Gasteiger partial charge in [-0.1, -0.05) is 6.07 Å². The number of rotatable bonds is 7. The molecule has 0 saturated heterocycles. The van der Waals surface area contributed by atoms with E-state index in [-0.39, 0.29) is 29.2 Å². The summed E-state index contributed by atoms with van der Waals surface area (Å²) in [5.74, 6) is -0.930. The van der Waals surface area contributed by atoms with Crippen molar-refractivity contribution in [3.8, 4) is 11.5 Å². The van der Waals surface area contributed by atoms with Crippen LogP contribution >= 0.6 is 0 Å². The smallest absolute Gasteiger partial charge is 0.338 e. The number of carbonyl (C=O) groups is 2. The molecule has 2 N–H and O–H groups in total. The Bertz CT molecular complexity index is 1180. The summed E-state index contributed by atoms with van der Waals surface area (Å²) in [6, 6.07) is 7.81. The first-order chi connectivity index (χ1) is 14.6. The van der Waals surface area contributed by atoms with Gasteiger partial charge in [-0.3, -0.25) is 19.6 Å². The number of nitro benzene ring substituents is 1. The number of non-ortho nitro benzene ring substituents is 1. The van der Waals surface area contributed by atoms with Crippen LogP contribution in [0, 0.1) is 30.9 Å². The summed E-state index contributed by atoms with van der Waals surface area (Å²) in [5, 5.41) is 26.6. The first kappa shape index (κ1) is 21.5. The van der Waals surface area contributed by atoms with E-state index in [0.29, 0.717) is 5.75 Å². The highest BCUT2D eigenvalue weighted by Gasteiger charge is 2.15. The van der Waals surface area contributed by atoms with Crippen molar-refractivity contribution in [1.29, 1.82) is 0 Å². The van der Waals surface area contributed by atoms with Gasteiger partial charge in [-0.25, -0.2) is 4.79 Å². The third-order valence-corrected chi connectivity index (χ3v) is 4.56. The summed E-state index contributed by atoms with van der Waals surface area (Å²) in [4.78, 5) is 34.0. The minimum atomic E-state index is -1.16. The van der Waals surface area contributed by atoms with Crippen LogP contribution in [0.25, 0.3) is 0 Å². The van der Waals surface area contributed by atoms with Crippen LogP contribution in [0.1, 0.15) is 27.0 Å². The Hall–Kier alpha value is -4.21. The van der Waals surface area contributed by atoms with Gasteiger partial charge in [0.1, 0.15) is 18.0 Å². The average molecular weight is 424 g/mol. The van der Waals surface area contributed by atoms with Gasteiger partial charge in [-0.05, 0) is 43.5 Å². The molecule has 0 bridgehead atoms. The van der Waals surface area contributed by atoms with Crippen LogP contribution in [0.5, 0.6) is 11.5 Å². The molecule has 0 atom stereocenters. The molecule has 160 valence electrons. The second-order valence-electron chi connectivity index (χ2n) is 7.06. The number of anilines is 1. The minimum Gasteiger partial charge on any atom is -0.478 e. The van der Waals surface area contributed by atoms with Crippen LogP contribution in [0.2, 0.25) is 0 Å². The van der Waals surface area contributed by atoms with Crippen molar-refractivity contribution in [1.82, 2.24) is 9.78 Å². The summed E-state index contributed by atoms with van der Waals surface area (Å²) in [6.07, 6.45) is 2.34. The van der Waals surface area contributed by atoms with E-state index in [1.807, 2.05) is 32.9 Å². The van der Waals surface area contributed by atoms with Crippen molar-refractivity contribution in [3.05, 3.63) is 75.1 Å². The van der Waals surface area contributed by atoms with E-state index in [4.69, 9.17) is 9.84 Å².